The highest BCUT2D eigenvalue weighted by Gasteiger charge is 2.21. The van der Waals surface area contributed by atoms with E-state index >= 15 is 0 Å². The van der Waals surface area contributed by atoms with E-state index in [9.17, 15) is 9.59 Å². The molecule has 1 amide bonds. The summed E-state index contributed by atoms with van der Waals surface area (Å²) in [5, 5.41) is 6.25. The van der Waals surface area contributed by atoms with Crippen LogP contribution >= 0.6 is 0 Å². The van der Waals surface area contributed by atoms with Crippen LogP contribution in [0.5, 0.6) is 0 Å². The van der Waals surface area contributed by atoms with Crippen molar-refractivity contribution in [3.05, 3.63) is 33.7 Å². The molecule has 5 nitrogen and oxygen atoms in total. The number of aryl methyl sites for hydroxylation is 1. The van der Waals surface area contributed by atoms with Crippen LogP contribution in [0, 0.1) is 6.92 Å². The molecule has 2 heterocycles. The Hall–Kier alpha value is -1.62. The van der Waals surface area contributed by atoms with Crippen molar-refractivity contribution in [3.63, 3.8) is 0 Å². The number of aromatic nitrogens is 1. The summed E-state index contributed by atoms with van der Waals surface area (Å²) in [6.45, 7) is 4.78. The van der Waals surface area contributed by atoms with Crippen molar-refractivity contribution in [3.8, 4) is 0 Å². The third-order valence-electron chi connectivity index (χ3n) is 3.26. The topological polar surface area (TPSA) is 74.0 Å². The number of pyridine rings is 1. The first kappa shape index (κ1) is 12.8. The normalized spacial score (nSPS) is 23.7. The predicted molar refractivity (Wildman–Crippen MR) is 69.8 cm³/mol. The zero-order valence-electron chi connectivity index (χ0n) is 10.7. The summed E-state index contributed by atoms with van der Waals surface area (Å²) in [5.41, 5.74) is 0.713. The standard InChI is InChI=1S/C13H19N3O2/c1-8-5-10(3-4-14-8)16-13(18)11-7-15-9(2)6-12(11)17/h6-8,10,14H,3-5H2,1-2H3,(H,15,17)(H,16,18). The third-order valence-corrected chi connectivity index (χ3v) is 3.26. The van der Waals surface area contributed by atoms with Crippen LogP contribution < -0.4 is 16.1 Å². The molecule has 0 radical (unpaired) electrons. The van der Waals surface area contributed by atoms with Gasteiger partial charge >= 0.3 is 0 Å². The second-order valence-corrected chi connectivity index (χ2v) is 4.94. The van der Waals surface area contributed by atoms with Crippen molar-refractivity contribution < 1.29 is 4.79 Å². The van der Waals surface area contributed by atoms with Gasteiger partial charge in [0.25, 0.3) is 5.91 Å². The molecular weight excluding hydrogens is 230 g/mol. The maximum atomic E-state index is 12.0. The average Bonchev–Trinajstić information content (AvgIpc) is 2.28. The molecule has 1 aliphatic rings. The molecule has 5 heteroatoms. The van der Waals surface area contributed by atoms with Gasteiger partial charge in [0.15, 0.2) is 5.43 Å². The Balaban J connectivity index is 2.05. The van der Waals surface area contributed by atoms with Crippen LogP contribution in [0.2, 0.25) is 0 Å². The third kappa shape index (κ3) is 2.98. The molecule has 0 saturated carbocycles. The molecule has 2 atom stereocenters. The first-order valence-electron chi connectivity index (χ1n) is 6.30. The first-order chi connectivity index (χ1) is 8.56. The fourth-order valence-electron chi connectivity index (χ4n) is 2.28. The molecule has 3 N–H and O–H groups in total. The molecule has 0 spiro atoms. The number of hydrogen-bond donors (Lipinski definition) is 3. The van der Waals surface area contributed by atoms with Gasteiger partial charge in [0.2, 0.25) is 0 Å². The van der Waals surface area contributed by atoms with Gasteiger partial charge in [-0.15, -0.1) is 0 Å². The molecule has 1 saturated heterocycles. The minimum atomic E-state index is -0.282. The molecule has 0 aromatic carbocycles. The fraction of sp³-hybridized carbons (Fsp3) is 0.538. The highest BCUT2D eigenvalue weighted by molar-refractivity contribution is 5.93. The maximum Gasteiger partial charge on any atom is 0.256 e. The highest BCUT2D eigenvalue weighted by atomic mass is 16.2. The van der Waals surface area contributed by atoms with Crippen molar-refractivity contribution in [1.29, 1.82) is 0 Å². The van der Waals surface area contributed by atoms with E-state index in [0.29, 0.717) is 6.04 Å². The summed E-state index contributed by atoms with van der Waals surface area (Å²) in [6, 6.07) is 2.00. The Morgan fingerprint density at radius 1 is 1.50 bits per heavy atom. The summed E-state index contributed by atoms with van der Waals surface area (Å²) >= 11 is 0. The van der Waals surface area contributed by atoms with E-state index in [0.717, 1.165) is 25.1 Å². The molecule has 0 aliphatic carbocycles. The molecule has 0 bridgehead atoms. The number of amides is 1. The van der Waals surface area contributed by atoms with Crippen LogP contribution in [-0.2, 0) is 0 Å². The monoisotopic (exact) mass is 249 g/mol. The van der Waals surface area contributed by atoms with Gasteiger partial charge in [-0.3, -0.25) is 9.59 Å². The summed E-state index contributed by atoms with van der Waals surface area (Å²) in [5.74, 6) is -0.282. The molecule has 18 heavy (non-hydrogen) atoms. The second-order valence-electron chi connectivity index (χ2n) is 4.94. The largest absolute Gasteiger partial charge is 0.364 e. The quantitative estimate of drug-likeness (QED) is 0.716. The Labute approximate surface area is 106 Å². The Morgan fingerprint density at radius 3 is 2.94 bits per heavy atom. The lowest BCUT2D eigenvalue weighted by Gasteiger charge is -2.28. The Bertz CT molecular complexity index is 495. The summed E-state index contributed by atoms with van der Waals surface area (Å²) < 4.78 is 0. The second kappa shape index (κ2) is 5.35. The Kier molecular flexibility index (Phi) is 3.81. The van der Waals surface area contributed by atoms with Gasteiger partial charge in [-0.05, 0) is 33.2 Å². The predicted octanol–water partition coefficient (Wildman–Crippen LogP) is 0.554. The number of carbonyl (C=O) groups excluding carboxylic acids is 1. The van der Waals surface area contributed by atoms with Crippen LogP contribution in [0.3, 0.4) is 0 Å². The zero-order chi connectivity index (χ0) is 13.1. The van der Waals surface area contributed by atoms with Crippen molar-refractivity contribution in [2.75, 3.05) is 6.54 Å². The molecule has 1 aromatic heterocycles. The molecule has 1 aliphatic heterocycles. The molecule has 1 aromatic rings. The lowest BCUT2D eigenvalue weighted by molar-refractivity contribution is 0.0924. The van der Waals surface area contributed by atoms with Gasteiger partial charge in [0, 0.05) is 30.0 Å². The number of H-pyrrole nitrogens is 1. The maximum absolute atomic E-state index is 12.0. The lowest BCUT2D eigenvalue weighted by atomic mass is 10.0. The van der Waals surface area contributed by atoms with E-state index < -0.39 is 0 Å². The van der Waals surface area contributed by atoms with Gasteiger partial charge in [0.05, 0.1) is 0 Å². The SMILES string of the molecule is Cc1cc(=O)c(C(=O)NC2CCNC(C)C2)c[nH]1. The summed E-state index contributed by atoms with van der Waals surface area (Å²) in [4.78, 5) is 26.6. The molecular formula is C13H19N3O2. The van der Waals surface area contributed by atoms with Crippen molar-refractivity contribution in [1.82, 2.24) is 15.6 Å². The number of aromatic amines is 1. The first-order valence-corrected chi connectivity index (χ1v) is 6.30. The van der Waals surface area contributed by atoms with E-state index in [-0.39, 0.29) is 22.9 Å². The van der Waals surface area contributed by atoms with Gasteiger partial charge < -0.3 is 15.6 Å². The van der Waals surface area contributed by atoms with Crippen LogP contribution in [0.25, 0.3) is 0 Å². The average molecular weight is 249 g/mol. The summed E-state index contributed by atoms with van der Waals surface area (Å²) in [6.07, 6.45) is 3.28. The minimum absolute atomic E-state index is 0.148. The number of nitrogens with one attached hydrogen (secondary N) is 3. The highest BCUT2D eigenvalue weighted by Crippen LogP contribution is 2.08. The van der Waals surface area contributed by atoms with Crippen LogP contribution in [0.1, 0.15) is 35.8 Å². The smallest absolute Gasteiger partial charge is 0.256 e. The summed E-state index contributed by atoms with van der Waals surface area (Å²) in [7, 11) is 0. The molecule has 2 unspecified atom stereocenters. The number of carbonyl (C=O) groups is 1. The molecule has 2 rings (SSSR count). The van der Waals surface area contributed by atoms with E-state index in [1.54, 1.807) is 6.92 Å². The minimum Gasteiger partial charge on any atom is -0.364 e. The van der Waals surface area contributed by atoms with Crippen LogP contribution in [0.15, 0.2) is 17.1 Å². The number of hydrogen-bond acceptors (Lipinski definition) is 3. The van der Waals surface area contributed by atoms with Crippen molar-refractivity contribution >= 4 is 5.91 Å². The Morgan fingerprint density at radius 2 is 2.28 bits per heavy atom. The van der Waals surface area contributed by atoms with Gasteiger partial charge in [-0.2, -0.15) is 0 Å². The van der Waals surface area contributed by atoms with Crippen LogP contribution in [-0.4, -0.2) is 29.5 Å². The van der Waals surface area contributed by atoms with Gasteiger partial charge in [-0.1, -0.05) is 0 Å². The van der Waals surface area contributed by atoms with Crippen molar-refractivity contribution in [2.24, 2.45) is 0 Å². The van der Waals surface area contributed by atoms with Crippen LogP contribution in [0.4, 0.5) is 0 Å². The van der Waals surface area contributed by atoms with E-state index in [4.69, 9.17) is 0 Å². The van der Waals surface area contributed by atoms with Gasteiger partial charge in [0.1, 0.15) is 5.56 Å². The number of rotatable bonds is 2. The fourth-order valence-corrected chi connectivity index (χ4v) is 2.28. The number of piperidine rings is 1. The lowest BCUT2D eigenvalue weighted by Crippen LogP contribution is -2.47. The molecule has 98 valence electrons. The zero-order valence-corrected chi connectivity index (χ0v) is 10.7. The van der Waals surface area contributed by atoms with E-state index in [1.807, 2.05) is 0 Å². The van der Waals surface area contributed by atoms with Gasteiger partial charge in [-0.25, -0.2) is 0 Å². The molecule has 1 fully saturated rings. The van der Waals surface area contributed by atoms with Crippen molar-refractivity contribution in [2.45, 2.75) is 38.8 Å². The van der Waals surface area contributed by atoms with E-state index in [2.05, 4.69) is 22.5 Å². The van der Waals surface area contributed by atoms with E-state index in [1.165, 1.54) is 12.3 Å².